The summed E-state index contributed by atoms with van der Waals surface area (Å²) in [6.07, 6.45) is 3.37. The molecule has 0 radical (unpaired) electrons. The van der Waals surface area contributed by atoms with E-state index in [1.54, 1.807) is 23.7 Å². The van der Waals surface area contributed by atoms with E-state index >= 15 is 0 Å². The van der Waals surface area contributed by atoms with Gasteiger partial charge in [-0.25, -0.2) is 9.07 Å². The zero-order valence-corrected chi connectivity index (χ0v) is 17.5. The summed E-state index contributed by atoms with van der Waals surface area (Å²) < 4.78 is 14.7. The number of nitrogens with one attached hydrogen (secondary N) is 1. The third-order valence-electron chi connectivity index (χ3n) is 5.66. The molecule has 1 aliphatic rings. The number of aromatic nitrogens is 2. The van der Waals surface area contributed by atoms with Gasteiger partial charge in [-0.1, -0.05) is 24.3 Å². The van der Waals surface area contributed by atoms with Crippen LogP contribution in [-0.2, 0) is 17.8 Å². The number of benzene rings is 2. The van der Waals surface area contributed by atoms with Gasteiger partial charge in [0.1, 0.15) is 5.82 Å². The maximum atomic E-state index is 13.1. The molecule has 2 amide bonds. The van der Waals surface area contributed by atoms with Crippen LogP contribution >= 0.6 is 0 Å². The van der Waals surface area contributed by atoms with Crippen LogP contribution in [0.1, 0.15) is 40.0 Å². The summed E-state index contributed by atoms with van der Waals surface area (Å²) in [7, 11) is 0. The Morgan fingerprint density at radius 3 is 2.61 bits per heavy atom. The number of carbonyl (C=O) groups excluding carboxylic acids is 2. The van der Waals surface area contributed by atoms with E-state index in [-0.39, 0.29) is 17.6 Å². The molecule has 1 aromatic heterocycles. The molecule has 3 aromatic rings. The van der Waals surface area contributed by atoms with Crippen LogP contribution in [0.3, 0.4) is 0 Å². The monoisotopic (exact) mass is 420 g/mol. The van der Waals surface area contributed by atoms with Crippen LogP contribution in [-0.4, -0.2) is 39.6 Å². The molecule has 0 saturated heterocycles. The Morgan fingerprint density at radius 1 is 1.10 bits per heavy atom. The number of fused-ring (bicyclic) bond motifs is 1. The quantitative estimate of drug-likeness (QED) is 0.622. The zero-order chi connectivity index (χ0) is 21.8. The zero-order valence-electron chi connectivity index (χ0n) is 17.5. The van der Waals surface area contributed by atoms with E-state index in [9.17, 15) is 14.0 Å². The van der Waals surface area contributed by atoms with Crippen LogP contribution < -0.4 is 5.32 Å². The maximum Gasteiger partial charge on any atom is 0.254 e. The highest BCUT2D eigenvalue weighted by Crippen LogP contribution is 2.19. The fourth-order valence-electron chi connectivity index (χ4n) is 3.88. The van der Waals surface area contributed by atoms with Crippen molar-refractivity contribution in [3.8, 4) is 5.69 Å². The van der Waals surface area contributed by atoms with E-state index in [0.29, 0.717) is 42.9 Å². The maximum absolute atomic E-state index is 13.1. The highest BCUT2D eigenvalue weighted by molar-refractivity contribution is 5.95. The minimum absolute atomic E-state index is 0.115. The van der Waals surface area contributed by atoms with E-state index in [4.69, 9.17) is 0 Å². The summed E-state index contributed by atoms with van der Waals surface area (Å²) in [6, 6.07) is 14.2. The average Bonchev–Trinajstić information content (AvgIpc) is 3.18. The molecule has 0 unspecified atom stereocenters. The molecule has 0 fully saturated rings. The van der Waals surface area contributed by atoms with E-state index in [1.165, 1.54) is 29.5 Å². The first-order valence-corrected chi connectivity index (χ1v) is 10.5. The normalized spacial score (nSPS) is 13.0. The van der Waals surface area contributed by atoms with Gasteiger partial charge in [0.2, 0.25) is 5.91 Å². The summed E-state index contributed by atoms with van der Waals surface area (Å²) in [5.74, 6) is -0.441. The lowest BCUT2D eigenvalue weighted by atomic mass is 9.99. The second kappa shape index (κ2) is 9.12. The molecule has 1 aliphatic heterocycles. The number of rotatable bonds is 6. The topological polar surface area (TPSA) is 67.2 Å². The Balaban J connectivity index is 1.26. The van der Waals surface area contributed by atoms with Gasteiger partial charge >= 0.3 is 0 Å². The van der Waals surface area contributed by atoms with Crippen LogP contribution in [0.5, 0.6) is 0 Å². The van der Waals surface area contributed by atoms with Gasteiger partial charge in [0, 0.05) is 26.1 Å². The molecule has 2 aromatic carbocycles. The van der Waals surface area contributed by atoms with Gasteiger partial charge in [0.15, 0.2) is 0 Å². The SMILES string of the molecule is Cc1c(C(=O)NCCCC(=O)N2CCc3ccccc3C2)cnn1-c1ccc(F)cc1. The Kier molecular flexibility index (Phi) is 6.11. The van der Waals surface area contributed by atoms with Crippen LogP contribution in [0.25, 0.3) is 5.69 Å². The minimum atomic E-state index is -0.324. The van der Waals surface area contributed by atoms with Gasteiger partial charge in [0.05, 0.1) is 23.1 Å². The predicted molar refractivity (Wildman–Crippen MR) is 115 cm³/mol. The van der Waals surface area contributed by atoms with Gasteiger partial charge in [0.25, 0.3) is 5.91 Å². The highest BCUT2D eigenvalue weighted by atomic mass is 19.1. The second-order valence-corrected chi connectivity index (χ2v) is 7.73. The van der Waals surface area contributed by atoms with Crippen molar-refractivity contribution in [1.82, 2.24) is 20.0 Å². The smallest absolute Gasteiger partial charge is 0.254 e. The van der Waals surface area contributed by atoms with Crippen LogP contribution in [0.2, 0.25) is 0 Å². The summed E-state index contributed by atoms with van der Waals surface area (Å²) in [6.45, 7) is 3.60. The van der Waals surface area contributed by atoms with Gasteiger partial charge in [-0.3, -0.25) is 9.59 Å². The lowest BCUT2D eigenvalue weighted by Crippen LogP contribution is -2.36. The molecular weight excluding hydrogens is 395 g/mol. The van der Waals surface area contributed by atoms with E-state index in [2.05, 4.69) is 22.5 Å². The van der Waals surface area contributed by atoms with Crippen LogP contribution in [0.15, 0.2) is 54.7 Å². The molecule has 0 atom stereocenters. The van der Waals surface area contributed by atoms with Crippen molar-refractivity contribution in [2.45, 2.75) is 32.7 Å². The summed E-state index contributed by atoms with van der Waals surface area (Å²) in [5.41, 5.74) is 4.35. The molecule has 160 valence electrons. The highest BCUT2D eigenvalue weighted by Gasteiger charge is 2.20. The molecule has 7 heteroatoms. The number of amides is 2. The Hall–Kier alpha value is -3.48. The van der Waals surface area contributed by atoms with E-state index in [1.807, 2.05) is 17.0 Å². The fourth-order valence-corrected chi connectivity index (χ4v) is 3.88. The third-order valence-corrected chi connectivity index (χ3v) is 5.66. The fraction of sp³-hybridized carbons (Fsp3) is 0.292. The first kappa shape index (κ1) is 20.8. The van der Waals surface area contributed by atoms with Crippen molar-refractivity contribution < 1.29 is 14.0 Å². The Labute approximate surface area is 180 Å². The van der Waals surface area contributed by atoms with Gasteiger partial charge in [-0.05, 0) is 55.2 Å². The molecule has 0 saturated carbocycles. The first-order chi connectivity index (χ1) is 15.0. The first-order valence-electron chi connectivity index (χ1n) is 10.5. The van der Waals surface area contributed by atoms with Gasteiger partial charge in [-0.15, -0.1) is 0 Å². The van der Waals surface area contributed by atoms with Gasteiger partial charge < -0.3 is 10.2 Å². The number of halogens is 1. The van der Waals surface area contributed by atoms with E-state index < -0.39 is 0 Å². The van der Waals surface area contributed by atoms with Crippen molar-refractivity contribution in [2.75, 3.05) is 13.1 Å². The number of hydrogen-bond acceptors (Lipinski definition) is 3. The lowest BCUT2D eigenvalue weighted by molar-refractivity contribution is -0.132. The minimum Gasteiger partial charge on any atom is -0.352 e. The summed E-state index contributed by atoms with van der Waals surface area (Å²) in [4.78, 5) is 27.0. The molecule has 4 rings (SSSR count). The standard InChI is InChI=1S/C24H25FN4O2/c1-17-22(15-27-29(17)21-10-8-20(25)9-11-21)24(31)26-13-4-7-23(30)28-14-12-18-5-2-3-6-19(18)16-28/h2-3,5-6,8-11,15H,4,7,12-14,16H2,1H3,(H,26,31). The Morgan fingerprint density at radius 2 is 1.84 bits per heavy atom. The molecule has 31 heavy (non-hydrogen) atoms. The number of nitrogens with zero attached hydrogens (tertiary/aromatic N) is 3. The lowest BCUT2D eigenvalue weighted by Gasteiger charge is -2.29. The summed E-state index contributed by atoms with van der Waals surface area (Å²) in [5, 5.41) is 7.11. The largest absolute Gasteiger partial charge is 0.352 e. The molecular formula is C24H25FN4O2. The number of carbonyl (C=O) groups is 2. The van der Waals surface area contributed by atoms with Crippen LogP contribution in [0, 0.1) is 12.7 Å². The molecule has 6 nitrogen and oxygen atoms in total. The van der Waals surface area contributed by atoms with Crippen molar-refractivity contribution >= 4 is 11.8 Å². The van der Waals surface area contributed by atoms with E-state index in [0.717, 1.165) is 13.0 Å². The van der Waals surface area contributed by atoms with Crippen LogP contribution in [0.4, 0.5) is 4.39 Å². The Bertz CT molecular complexity index is 1090. The van der Waals surface area contributed by atoms with Gasteiger partial charge in [-0.2, -0.15) is 5.10 Å². The number of hydrogen-bond donors (Lipinski definition) is 1. The summed E-state index contributed by atoms with van der Waals surface area (Å²) >= 11 is 0. The molecule has 1 N–H and O–H groups in total. The average molecular weight is 420 g/mol. The van der Waals surface area contributed by atoms with Crippen molar-refractivity contribution in [1.29, 1.82) is 0 Å². The second-order valence-electron chi connectivity index (χ2n) is 7.73. The van der Waals surface area contributed by atoms with Crippen molar-refractivity contribution in [2.24, 2.45) is 0 Å². The molecule has 0 aliphatic carbocycles. The predicted octanol–water partition coefficient (Wildman–Crippen LogP) is 3.41. The molecule has 0 bridgehead atoms. The van der Waals surface area contributed by atoms with Crippen molar-refractivity contribution in [3.63, 3.8) is 0 Å². The molecule has 2 heterocycles. The van der Waals surface area contributed by atoms with Crippen molar-refractivity contribution in [3.05, 3.63) is 82.9 Å². The third kappa shape index (κ3) is 4.66. The molecule has 0 spiro atoms.